The first-order chi connectivity index (χ1) is 8.62. The van der Waals surface area contributed by atoms with E-state index in [2.05, 4.69) is 35.1 Å². The molecule has 0 saturated heterocycles. The first kappa shape index (κ1) is 15.2. The van der Waals surface area contributed by atoms with Crippen molar-refractivity contribution >= 4 is 27.5 Å². The number of carbonyl (C=O) groups excluding carboxylic acids is 1. The van der Waals surface area contributed by atoms with Gasteiger partial charge in [-0.2, -0.15) is 0 Å². The fourth-order valence-corrected chi connectivity index (χ4v) is 2.32. The van der Waals surface area contributed by atoms with Crippen molar-refractivity contribution in [2.45, 2.75) is 33.1 Å². The van der Waals surface area contributed by atoms with Crippen LogP contribution in [0.4, 0.5) is 5.69 Å². The van der Waals surface area contributed by atoms with Gasteiger partial charge in [0.2, 0.25) is 5.91 Å². The molecule has 100 valence electrons. The molecule has 0 spiro atoms. The van der Waals surface area contributed by atoms with Crippen molar-refractivity contribution in [1.29, 1.82) is 0 Å². The molecule has 0 aliphatic rings. The predicted octanol–water partition coefficient (Wildman–Crippen LogP) is 3.33. The van der Waals surface area contributed by atoms with Crippen LogP contribution in [0.2, 0.25) is 0 Å². The first-order valence-electron chi connectivity index (χ1n) is 6.41. The molecule has 0 aliphatic carbocycles. The summed E-state index contributed by atoms with van der Waals surface area (Å²) in [5.41, 5.74) is 7.66. The Morgan fingerprint density at radius 2 is 2.17 bits per heavy atom. The molecule has 18 heavy (non-hydrogen) atoms. The number of amides is 1. The van der Waals surface area contributed by atoms with Crippen LogP contribution in [-0.4, -0.2) is 12.5 Å². The van der Waals surface area contributed by atoms with E-state index < -0.39 is 0 Å². The second kappa shape index (κ2) is 7.54. The maximum absolute atomic E-state index is 12.1. The second-order valence-electron chi connectivity index (χ2n) is 4.37. The highest BCUT2D eigenvalue weighted by atomic mass is 79.9. The Hall–Kier alpha value is -0.870. The summed E-state index contributed by atoms with van der Waals surface area (Å²) in [6.07, 6.45) is 2.69. The Balaban J connectivity index is 2.80. The van der Waals surface area contributed by atoms with Gasteiger partial charge in [0.1, 0.15) is 0 Å². The maximum Gasteiger partial charge on any atom is 0.228 e. The lowest BCUT2D eigenvalue weighted by Crippen LogP contribution is -2.29. The van der Waals surface area contributed by atoms with Crippen LogP contribution in [0.15, 0.2) is 22.7 Å². The molecule has 1 unspecified atom stereocenters. The van der Waals surface area contributed by atoms with Gasteiger partial charge in [0.15, 0.2) is 0 Å². The zero-order valence-electron chi connectivity index (χ0n) is 11.0. The SMILES string of the molecule is CCCC(CN)C(=O)Nc1ccc(Br)cc1CC. The molecular formula is C14H21BrN2O. The summed E-state index contributed by atoms with van der Waals surface area (Å²) in [5.74, 6) is -0.0697. The number of rotatable bonds is 6. The van der Waals surface area contributed by atoms with Crippen molar-refractivity contribution < 1.29 is 4.79 Å². The fraction of sp³-hybridized carbons (Fsp3) is 0.500. The lowest BCUT2D eigenvalue weighted by Gasteiger charge is -2.16. The van der Waals surface area contributed by atoms with Crippen molar-refractivity contribution in [3.8, 4) is 0 Å². The van der Waals surface area contributed by atoms with Gasteiger partial charge >= 0.3 is 0 Å². The molecule has 0 radical (unpaired) electrons. The summed E-state index contributed by atoms with van der Waals surface area (Å²) in [6.45, 7) is 4.54. The first-order valence-corrected chi connectivity index (χ1v) is 7.21. The molecule has 0 aliphatic heterocycles. The zero-order valence-corrected chi connectivity index (χ0v) is 12.6. The number of hydrogen-bond donors (Lipinski definition) is 2. The quantitative estimate of drug-likeness (QED) is 0.846. The van der Waals surface area contributed by atoms with Gasteiger partial charge in [-0.15, -0.1) is 0 Å². The second-order valence-corrected chi connectivity index (χ2v) is 5.28. The van der Waals surface area contributed by atoms with Crippen LogP contribution >= 0.6 is 15.9 Å². The van der Waals surface area contributed by atoms with Crippen LogP contribution in [-0.2, 0) is 11.2 Å². The molecule has 4 heteroatoms. The molecule has 0 saturated carbocycles. The molecule has 0 bridgehead atoms. The van der Waals surface area contributed by atoms with Crippen LogP contribution in [0, 0.1) is 5.92 Å². The third-order valence-electron chi connectivity index (χ3n) is 3.00. The Kier molecular flexibility index (Phi) is 6.36. The minimum absolute atomic E-state index is 0.0244. The topological polar surface area (TPSA) is 55.1 Å². The van der Waals surface area contributed by atoms with Crippen molar-refractivity contribution in [3.05, 3.63) is 28.2 Å². The van der Waals surface area contributed by atoms with Crippen LogP contribution < -0.4 is 11.1 Å². The summed E-state index contributed by atoms with van der Waals surface area (Å²) < 4.78 is 1.03. The van der Waals surface area contributed by atoms with Gasteiger partial charge < -0.3 is 11.1 Å². The van der Waals surface area contributed by atoms with E-state index >= 15 is 0 Å². The van der Waals surface area contributed by atoms with Gasteiger partial charge in [0.05, 0.1) is 5.92 Å². The van der Waals surface area contributed by atoms with E-state index in [9.17, 15) is 4.79 Å². The van der Waals surface area contributed by atoms with E-state index in [1.807, 2.05) is 18.2 Å². The van der Waals surface area contributed by atoms with E-state index in [-0.39, 0.29) is 11.8 Å². The van der Waals surface area contributed by atoms with Gasteiger partial charge in [-0.1, -0.05) is 36.2 Å². The average Bonchev–Trinajstić information content (AvgIpc) is 2.37. The van der Waals surface area contributed by atoms with Crippen molar-refractivity contribution in [3.63, 3.8) is 0 Å². The predicted molar refractivity (Wildman–Crippen MR) is 79.6 cm³/mol. The summed E-state index contributed by atoms with van der Waals surface area (Å²) in [6, 6.07) is 5.90. The number of aryl methyl sites for hydroxylation is 1. The molecule has 3 nitrogen and oxygen atoms in total. The summed E-state index contributed by atoms with van der Waals surface area (Å²) in [7, 11) is 0. The fourth-order valence-electron chi connectivity index (χ4n) is 1.92. The minimum atomic E-state index is -0.0941. The minimum Gasteiger partial charge on any atom is -0.330 e. The van der Waals surface area contributed by atoms with Crippen LogP contribution in [0.25, 0.3) is 0 Å². The van der Waals surface area contributed by atoms with Gasteiger partial charge in [-0.05, 0) is 36.6 Å². The Labute approximate surface area is 117 Å². The van der Waals surface area contributed by atoms with Gasteiger partial charge in [0.25, 0.3) is 0 Å². The maximum atomic E-state index is 12.1. The highest BCUT2D eigenvalue weighted by Crippen LogP contribution is 2.22. The number of hydrogen-bond acceptors (Lipinski definition) is 2. The van der Waals surface area contributed by atoms with E-state index in [1.165, 1.54) is 0 Å². The molecule has 1 rings (SSSR count). The van der Waals surface area contributed by atoms with Gasteiger partial charge in [0, 0.05) is 16.7 Å². The lowest BCUT2D eigenvalue weighted by molar-refractivity contribution is -0.119. The normalized spacial score (nSPS) is 12.2. The van der Waals surface area contributed by atoms with E-state index in [0.29, 0.717) is 6.54 Å². The van der Waals surface area contributed by atoms with Gasteiger partial charge in [-0.25, -0.2) is 0 Å². The summed E-state index contributed by atoms with van der Waals surface area (Å²) in [5, 5.41) is 2.98. The molecule has 1 aromatic carbocycles. The third kappa shape index (κ3) is 4.10. The monoisotopic (exact) mass is 312 g/mol. The van der Waals surface area contributed by atoms with E-state index in [4.69, 9.17) is 5.73 Å². The van der Waals surface area contributed by atoms with E-state index in [0.717, 1.165) is 35.0 Å². The highest BCUT2D eigenvalue weighted by molar-refractivity contribution is 9.10. The van der Waals surface area contributed by atoms with E-state index in [1.54, 1.807) is 0 Å². The molecule has 1 atom stereocenters. The number of halogens is 1. The number of benzene rings is 1. The number of nitrogens with one attached hydrogen (secondary N) is 1. The summed E-state index contributed by atoms with van der Waals surface area (Å²) >= 11 is 3.44. The molecule has 1 aromatic rings. The molecule has 0 heterocycles. The Morgan fingerprint density at radius 3 is 2.72 bits per heavy atom. The number of carbonyl (C=O) groups is 1. The molecular weight excluding hydrogens is 292 g/mol. The average molecular weight is 313 g/mol. The number of nitrogens with two attached hydrogens (primary N) is 1. The van der Waals surface area contributed by atoms with Crippen LogP contribution in [0.1, 0.15) is 32.3 Å². The largest absolute Gasteiger partial charge is 0.330 e. The summed E-state index contributed by atoms with van der Waals surface area (Å²) in [4.78, 5) is 12.1. The zero-order chi connectivity index (χ0) is 13.5. The third-order valence-corrected chi connectivity index (χ3v) is 3.49. The number of anilines is 1. The van der Waals surface area contributed by atoms with Crippen LogP contribution in [0.5, 0.6) is 0 Å². The van der Waals surface area contributed by atoms with Crippen LogP contribution in [0.3, 0.4) is 0 Å². The Morgan fingerprint density at radius 1 is 1.44 bits per heavy atom. The highest BCUT2D eigenvalue weighted by Gasteiger charge is 2.16. The standard InChI is InChI=1S/C14H21BrN2O/c1-3-5-11(9-16)14(18)17-13-7-6-12(15)8-10(13)4-2/h6-8,11H,3-5,9,16H2,1-2H3,(H,17,18). The van der Waals surface area contributed by atoms with Crippen molar-refractivity contribution in [2.75, 3.05) is 11.9 Å². The molecule has 3 N–H and O–H groups in total. The molecule has 0 aromatic heterocycles. The van der Waals surface area contributed by atoms with Gasteiger partial charge in [-0.3, -0.25) is 4.79 Å². The van der Waals surface area contributed by atoms with Crippen molar-refractivity contribution in [1.82, 2.24) is 0 Å². The smallest absolute Gasteiger partial charge is 0.228 e. The lowest BCUT2D eigenvalue weighted by atomic mass is 10.0. The Bertz CT molecular complexity index is 407. The van der Waals surface area contributed by atoms with Crippen molar-refractivity contribution in [2.24, 2.45) is 11.7 Å². The molecule has 1 amide bonds. The molecule has 0 fully saturated rings.